The first-order valence-corrected chi connectivity index (χ1v) is 4.78. The van der Waals surface area contributed by atoms with E-state index in [1.54, 1.807) is 37.1 Å². The van der Waals surface area contributed by atoms with E-state index < -0.39 is 0 Å². The van der Waals surface area contributed by atoms with Crippen LogP contribution < -0.4 is 9.47 Å². The monoisotopic (exact) mass is 220 g/mol. The molecule has 2 aromatic rings. The Hall–Kier alpha value is -2.04. The lowest BCUT2D eigenvalue weighted by Crippen LogP contribution is -1.96. The molecule has 0 bridgehead atoms. The molecule has 5 nitrogen and oxygen atoms in total. The van der Waals surface area contributed by atoms with Crippen molar-refractivity contribution in [2.24, 2.45) is 0 Å². The summed E-state index contributed by atoms with van der Waals surface area (Å²) in [4.78, 5) is 11.2. The number of hydrogen-bond acceptors (Lipinski definition) is 4. The maximum atomic E-state index is 11.2. The Morgan fingerprint density at radius 3 is 2.62 bits per heavy atom. The van der Waals surface area contributed by atoms with Gasteiger partial charge in [0.25, 0.3) is 0 Å². The average molecular weight is 220 g/mol. The number of carbonyl (C=O) groups excluding carboxylic acids is 1. The zero-order valence-electron chi connectivity index (χ0n) is 9.35. The molecule has 0 aromatic carbocycles. The smallest absolute Gasteiger partial charge is 0.180 e. The fourth-order valence-electron chi connectivity index (χ4n) is 1.48. The predicted octanol–water partition coefficient (Wildman–Crippen LogP) is 1.55. The highest BCUT2D eigenvalue weighted by atomic mass is 16.5. The fourth-order valence-corrected chi connectivity index (χ4v) is 1.48. The van der Waals surface area contributed by atoms with Gasteiger partial charge in [0.1, 0.15) is 22.7 Å². The maximum absolute atomic E-state index is 11.2. The van der Waals surface area contributed by atoms with Crippen LogP contribution in [0.2, 0.25) is 0 Å². The van der Waals surface area contributed by atoms with Gasteiger partial charge in [0.15, 0.2) is 5.78 Å². The van der Waals surface area contributed by atoms with E-state index in [0.29, 0.717) is 17.2 Å². The minimum Gasteiger partial charge on any atom is -0.495 e. The van der Waals surface area contributed by atoms with Crippen molar-refractivity contribution in [2.45, 2.75) is 6.92 Å². The minimum absolute atomic E-state index is 0.0790. The Morgan fingerprint density at radius 2 is 2.06 bits per heavy atom. The summed E-state index contributed by atoms with van der Waals surface area (Å²) in [6.45, 7) is 1.48. The molecule has 0 N–H and O–H groups in total. The van der Waals surface area contributed by atoms with Crippen molar-refractivity contribution in [2.75, 3.05) is 14.2 Å². The first-order valence-electron chi connectivity index (χ1n) is 4.78. The second-order valence-corrected chi connectivity index (χ2v) is 3.36. The summed E-state index contributed by atoms with van der Waals surface area (Å²) in [6, 6.07) is 3.45. The third-order valence-corrected chi connectivity index (χ3v) is 2.33. The van der Waals surface area contributed by atoms with Gasteiger partial charge in [-0.2, -0.15) is 5.10 Å². The van der Waals surface area contributed by atoms with Crippen molar-refractivity contribution in [3.05, 3.63) is 24.0 Å². The molecule has 16 heavy (non-hydrogen) atoms. The number of fused-ring (bicyclic) bond motifs is 1. The zero-order chi connectivity index (χ0) is 11.7. The van der Waals surface area contributed by atoms with E-state index in [1.807, 2.05) is 0 Å². The number of ether oxygens (including phenoxy) is 2. The Balaban J connectivity index is 2.69. The van der Waals surface area contributed by atoms with Crippen molar-refractivity contribution >= 4 is 11.3 Å². The normalized spacial score (nSPS) is 10.4. The number of rotatable bonds is 3. The highest BCUT2D eigenvalue weighted by Crippen LogP contribution is 2.25. The highest BCUT2D eigenvalue weighted by Gasteiger charge is 2.11. The Bertz CT molecular complexity index is 545. The lowest BCUT2D eigenvalue weighted by Gasteiger charge is -2.05. The van der Waals surface area contributed by atoms with Crippen LogP contribution in [0.15, 0.2) is 18.3 Å². The number of carbonyl (C=O) groups is 1. The molecule has 0 radical (unpaired) electrons. The molecule has 2 heterocycles. The molecule has 5 heteroatoms. The molecule has 0 fully saturated rings. The third-order valence-electron chi connectivity index (χ3n) is 2.33. The van der Waals surface area contributed by atoms with Crippen LogP contribution in [-0.4, -0.2) is 29.6 Å². The van der Waals surface area contributed by atoms with Crippen molar-refractivity contribution in [1.82, 2.24) is 9.61 Å². The summed E-state index contributed by atoms with van der Waals surface area (Å²) >= 11 is 0. The van der Waals surface area contributed by atoms with Crippen LogP contribution in [0.25, 0.3) is 5.52 Å². The van der Waals surface area contributed by atoms with Gasteiger partial charge in [-0.25, -0.2) is 4.52 Å². The molecule has 0 unspecified atom stereocenters. The second-order valence-electron chi connectivity index (χ2n) is 3.36. The van der Waals surface area contributed by atoms with Crippen molar-refractivity contribution in [3.63, 3.8) is 0 Å². The Kier molecular flexibility index (Phi) is 2.52. The van der Waals surface area contributed by atoms with E-state index in [-0.39, 0.29) is 5.78 Å². The standard InChI is InChI=1S/C11H12N2O3/c1-7(14)9-5-10-11(16-3)4-8(15-2)6-13(10)12-9/h4-6H,1-3H3. The van der Waals surface area contributed by atoms with Crippen LogP contribution in [-0.2, 0) is 0 Å². The Morgan fingerprint density at radius 1 is 1.31 bits per heavy atom. The van der Waals surface area contributed by atoms with Crippen LogP contribution >= 0.6 is 0 Å². The molecule has 0 aliphatic carbocycles. The highest BCUT2D eigenvalue weighted by molar-refractivity contribution is 5.93. The number of methoxy groups -OCH3 is 2. The average Bonchev–Trinajstić information content (AvgIpc) is 2.71. The molecule has 0 saturated heterocycles. The largest absolute Gasteiger partial charge is 0.495 e. The van der Waals surface area contributed by atoms with Crippen LogP contribution in [0.3, 0.4) is 0 Å². The van der Waals surface area contributed by atoms with Gasteiger partial charge in [-0.05, 0) is 6.07 Å². The third kappa shape index (κ3) is 1.60. The SMILES string of the molecule is COc1cc(OC)c2cc(C(C)=O)nn2c1. The number of ketones is 1. The molecular weight excluding hydrogens is 208 g/mol. The Labute approximate surface area is 92.6 Å². The summed E-state index contributed by atoms with van der Waals surface area (Å²) in [6.07, 6.45) is 1.70. The van der Waals surface area contributed by atoms with Crippen LogP contribution in [0.1, 0.15) is 17.4 Å². The predicted molar refractivity (Wildman–Crippen MR) is 58.3 cm³/mol. The zero-order valence-corrected chi connectivity index (χ0v) is 9.35. The van der Waals surface area contributed by atoms with Crippen molar-refractivity contribution < 1.29 is 14.3 Å². The van der Waals surface area contributed by atoms with Crippen molar-refractivity contribution in [3.8, 4) is 11.5 Å². The van der Waals surface area contributed by atoms with E-state index in [4.69, 9.17) is 9.47 Å². The molecule has 0 saturated carbocycles. The quantitative estimate of drug-likeness (QED) is 0.736. The van der Waals surface area contributed by atoms with E-state index >= 15 is 0 Å². The molecule has 2 rings (SSSR count). The van der Waals surface area contributed by atoms with E-state index in [9.17, 15) is 4.79 Å². The lowest BCUT2D eigenvalue weighted by atomic mass is 10.3. The fraction of sp³-hybridized carbons (Fsp3) is 0.273. The molecule has 0 amide bonds. The summed E-state index contributed by atoms with van der Waals surface area (Å²) in [5.74, 6) is 1.17. The van der Waals surface area contributed by atoms with Gasteiger partial charge in [0.05, 0.1) is 20.4 Å². The van der Waals surface area contributed by atoms with E-state index in [0.717, 1.165) is 5.52 Å². The van der Waals surface area contributed by atoms with Crippen LogP contribution in [0, 0.1) is 0 Å². The van der Waals surface area contributed by atoms with Crippen molar-refractivity contribution in [1.29, 1.82) is 0 Å². The minimum atomic E-state index is -0.0790. The van der Waals surface area contributed by atoms with Crippen LogP contribution in [0.4, 0.5) is 0 Å². The molecule has 2 aromatic heterocycles. The summed E-state index contributed by atoms with van der Waals surface area (Å²) in [5, 5.41) is 4.14. The topological polar surface area (TPSA) is 52.8 Å². The van der Waals surface area contributed by atoms with E-state index in [2.05, 4.69) is 5.10 Å². The first kappa shape index (κ1) is 10.5. The number of nitrogens with zero attached hydrogens (tertiary/aromatic N) is 2. The summed E-state index contributed by atoms with van der Waals surface area (Å²) in [7, 11) is 3.13. The molecule has 0 atom stereocenters. The van der Waals surface area contributed by atoms with Gasteiger partial charge >= 0.3 is 0 Å². The molecule has 84 valence electrons. The molecule has 0 spiro atoms. The lowest BCUT2D eigenvalue weighted by molar-refractivity contribution is 0.101. The maximum Gasteiger partial charge on any atom is 0.180 e. The van der Waals surface area contributed by atoms with E-state index in [1.165, 1.54) is 6.92 Å². The number of pyridine rings is 1. The molecule has 0 aliphatic rings. The second kappa shape index (κ2) is 3.84. The number of hydrogen-bond donors (Lipinski definition) is 0. The molecule has 0 aliphatic heterocycles. The van der Waals surface area contributed by atoms with Gasteiger partial charge < -0.3 is 9.47 Å². The summed E-state index contributed by atoms with van der Waals surface area (Å²) < 4.78 is 11.9. The van der Waals surface area contributed by atoms with Gasteiger partial charge in [-0.15, -0.1) is 0 Å². The van der Waals surface area contributed by atoms with Crippen LogP contribution in [0.5, 0.6) is 11.5 Å². The van der Waals surface area contributed by atoms with Gasteiger partial charge in [-0.3, -0.25) is 4.79 Å². The number of aromatic nitrogens is 2. The van der Waals surface area contributed by atoms with Gasteiger partial charge in [0.2, 0.25) is 0 Å². The molecular formula is C11H12N2O3. The number of Topliss-reactive ketones (excluding diaryl/α,β-unsaturated/α-hetero) is 1. The van der Waals surface area contributed by atoms with Gasteiger partial charge in [0, 0.05) is 13.0 Å². The first-order chi connectivity index (χ1) is 7.65. The summed E-state index contributed by atoms with van der Waals surface area (Å²) in [5.41, 5.74) is 1.15. The van der Waals surface area contributed by atoms with Gasteiger partial charge in [-0.1, -0.05) is 0 Å².